The quantitative estimate of drug-likeness (QED) is 0.0917. The molecule has 21 heteroatoms. The molecule has 4 heterocycles. The van der Waals surface area contributed by atoms with Gasteiger partial charge >= 0.3 is 0 Å². The van der Waals surface area contributed by atoms with Crippen LogP contribution >= 0.6 is 0 Å². The van der Waals surface area contributed by atoms with Gasteiger partial charge in [0, 0.05) is 17.7 Å². The van der Waals surface area contributed by atoms with Crippen LogP contribution in [0.1, 0.15) is 6.92 Å². The van der Waals surface area contributed by atoms with Crippen LogP contribution in [0.5, 0.6) is 28.7 Å². The summed E-state index contributed by atoms with van der Waals surface area (Å²) in [6, 6.07) is 5.15. The minimum absolute atomic E-state index is 0.122. The number of aromatic hydroxyl groups is 3. The first kappa shape index (κ1) is 39.8. The summed E-state index contributed by atoms with van der Waals surface area (Å²) in [7, 11) is 0. The SMILES string of the molecule is C[C@@H]1O[C@H](OC[C@@H]2O[C@H](Oc3c(-c4ccc(O)c(O)c4)oc4cc(O[C@H]5O[C@@H](CO)[C@H](O)[C@@H](O)[C@@H]5O)cc(O)c4c3=O)[C@@H](O)[C@H](O)[C@H]2O)[C@@H](O)[C@H](O)[C@H]1O. The van der Waals surface area contributed by atoms with Crippen LogP contribution in [0.25, 0.3) is 22.3 Å². The second-order valence-electron chi connectivity index (χ2n) is 13.1. The molecule has 0 spiro atoms. The minimum atomic E-state index is -2.05. The number of hydrogen-bond acceptors (Lipinski definition) is 21. The molecule has 3 aliphatic heterocycles. The van der Waals surface area contributed by atoms with Crippen molar-refractivity contribution in [2.45, 2.75) is 99.0 Å². The number of fused-ring (bicyclic) bond motifs is 1. The van der Waals surface area contributed by atoms with Crippen molar-refractivity contribution in [1.29, 1.82) is 0 Å². The number of rotatable bonds is 9. The van der Waals surface area contributed by atoms with Crippen molar-refractivity contribution >= 4 is 11.0 Å². The number of benzene rings is 2. The topological polar surface area (TPSA) is 349 Å². The van der Waals surface area contributed by atoms with Gasteiger partial charge in [-0.2, -0.15) is 0 Å². The Kier molecular flexibility index (Phi) is 11.5. The van der Waals surface area contributed by atoms with E-state index >= 15 is 0 Å². The van der Waals surface area contributed by atoms with E-state index in [2.05, 4.69) is 0 Å². The van der Waals surface area contributed by atoms with Crippen LogP contribution < -0.4 is 14.9 Å². The molecule has 6 rings (SSSR count). The number of ether oxygens (including phenoxy) is 6. The Morgan fingerprint density at radius 3 is 1.87 bits per heavy atom. The summed E-state index contributed by atoms with van der Waals surface area (Å²) in [6.07, 6.45) is -25.1. The van der Waals surface area contributed by atoms with Crippen molar-refractivity contribution in [1.82, 2.24) is 0 Å². The standard InChI is InChI=1S/C33H40O21/c1-9-19(38)23(42)26(45)31(49-9)48-8-17-21(40)25(44)28(47)33(53-17)54-30-22(41)18-14(37)5-11(50-32-27(46)24(43)20(39)16(7-34)52-32)6-15(18)51-29(30)10-2-3-12(35)13(36)4-10/h2-6,9,16-17,19-21,23-28,31-40,42-47H,7-8H2,1H3/t9-,16-,17-,19-,20-,21-,23+,24+,25+,26-,27-,28-,31-,32-,33+/m0/s1. The van der Waals surface area contributed by atoms with Gasteiger partial charge < -0.3 is 99.2 Å². The van der Waals surface area contributed by atoms with Gasteiger partial charge in [-0.05, 0) is 25.1 Å². The molecule has 21 nitrogen and oxygen atoms in total. The lowest BCUT2D eigenvalue weighted by molar-refractivity contribution is -0.318. The molecule has 3 saturated heterocycles. The number of aliphatic hydroxyl groups is 10. The van der Waals surface area contributed by atoms with E-state index in [-0.39, 0.29) is 11.3 Å². The maximum atomic E-state index is 14.1. The number of hydrogen-bond donors (Lipinski definition) is 13. The van der Waals surface area contributed by atoms with Gasteiger partial charge in [-0.3, -0.25) is 4.79 Å². The van der Waals surface area contributed by atoms with Gasteiger partial charge in [0.2, 0.25) is 23.8 Å². The Morgan fingerprint density at radius 2 is 1.22 bits per heavy atom. The third-order valence-electron chi connectivity index (χ3n) is 9.38. The lowest BCUT2D eigenvalue weighted by atomic mass is 9.98. The van der Waals surface area contributed by atoms with Gasteiger partial charge in [-0.15, -0.1) is 0 Å². The highest BCUT2D eigenvalue weighted by atomic mass is 16.7. The Labute approximate surface area is 303 Å². The molecule has 3 aromatic rings. The molecule has 15 atom stereocenters. The van der Waals surface area contributed by atoms with Crippen molar-refractivity contribution in [2.75, 3.05) is 13.2 Å². The van der Waals surface area contributed by atoms with Gasteiger partial charge in [0.05, 0.1) is 19.3 Å². The molecule has 3 fully saturated rings. The first-order valence-electron chi connectivity index (χ1n) is 16.5. The molecule has 2 aromatic carbocycles. The molecule has 0 saturated carbocycles. The lowest BCUT2D eigenvalue weighted by Crippen LogP contribution is -2.61. The van der Waals surface area contributed by atoms with Crippen molar-refractivity contribution < 1.29 is 99.2 Å². The third kappa shape index (κ3) is 7.39. The number of phenols is 3. The normalized spacial score (nSPS) is 37.3. The monoisotopic (exact) mass is 772 g/mol. The molecule has 298 valence electrons. The summed E-state index contributed by atoms with van der Waals surface area (Å²) in [5.74, 6) is -3.63. The summed E-state index contributed by atoms with van der Waals surface area (Å²) in [5.41, 5.74) is -1.66. The van der Waals surface area contributed by atoms with E-state index in [0.29, 0.717) is 0 Å². The average molecular weight is 773 g/mol. The van der Waals surface area contributed by atoms with E-state index in [0.717, 1.165) is 24.3 Å². The van der Waals surface area contributed by atoms with Crippen LogP contribution in [0.4, 0.5) is 0 Å². The largest absolute Gasteiger partial charge is 0.507 e. The van der Waals surface area contributed by atoms with Crippen LogP contribution in [-0.4, -0.2) is 172 Å². The highest BCUT2D eigenvalue weighted by Crippen LogP contribution is 2.40. The lowest BCUT2D eigenvalue weighted by Gasteiger charge is -2.42. The first-order chi connectivity index (χ1) is 25.5. The molecular weight excluding hydrogens is 732 g/mol. The Bertz CT molecular complexity index is 1850. The third-order valence-corrected chi connectivity index (χ3v) is 9.38. The zero-order valence-corrected chi connectivity index (χ0v) is 28.0. The summed E-state index contributed by atoms with van der Waals surface area (Å²) in [5, 5.41) is 133. The van der Waals surface area contributed by atoms with Crippen LogP contribution in [0.15, 0.2) is 39.5 Å². The highest BCUT2D eigenvalue weighted by Gasteiger charge is 2.48. The number of phenolic OH excluding ortho intramolecular Hbond substituents is 3. The molecule has 0 bridgehead atoms. The van der Waals surface area contributed by atoms with E-state index in [1.807, 2.05) is 0 Å². The molecule has 3 aliphatic rings. The number of aliphatic hydroxyl groups excluding tert-OH is 10. The van der Waals surface area contributed by atoms with E-state index in [4.69, 9.17) is 32.8 Å². The maximum absolute atomic E-state index is 14.1. The van der Waals surface area contributed by atoms with Gasteiger partial charge in [-0.1, -0.05) is 0 Å². The van der Waals surface area contributed by atoms with Crippen LogP contribution in [-0.2, 0) is 18.9 Å². The van der Waals surface area contributed by atoms with Gasteiger partial charge in [0.15, 0.2) is 23.5 Å². The predicted molar refractivity (Wildman–Crippen MR) is 173 cm³/mol. The second kappa shape index (κ2) is 15.7. The van der Waals surface area contributed by atoms with Gasteiger partial charge in [0.25, 0.3) is 0 Å². The predicted octanol–water partition coefficient (Wildman–Crippen LogP) is -4.21. The zero-order valence-electron chi connectivity index (χ0n) is 28.0. The van der Waals surface area contributed by atoms with Crippen molar-refractivity contribution in [3.8, 4) is 40.1 Å². The Hall–Kier alpha value is -3.91. The molecule has 0 unspecified atom stereocenters. The summed E-state index contributed by atoms with van der Waals surface area (Å²) in [6.45, 7) is -0.0204. The van der Waals surface area contributed by atoms with Crippen molar-refractivity contribution in [2.24, 2.45) is 0 Å². The van der Waals surface area contributed by atoms with Gasteiger partial charge in [0.1, 0.15) is 89.6 Å². The summed E-state index contributed by atoms with van der Waals surface area (Å²) in [4.78, 5) is 14.1. The molecule has 0 amide bonds. The fraction of sp³-hybridized carbons (Fsp3) is 0.545. The average Bonchev–Trinajstić information content (AvgIpc) is 3.14. The van der Waals surface area contributed by atoms with Crippen LogP contribution in [0.2, 0.25) is 0 Å². The molecule has 0 aliphatic carbocycles. The zero-order chi connectivity index (χ0) is 39.3. The Balaban J connectivity index is 1.34. The van der Waals surface area contributed by atoms with Crippen LogP contribution in [0.3, 0.4) is 0 Å². The summed E-state index contributed by atoms with van der Waals surface area (Å²) >= 11 is 0. The summed E-state index contributed by atoms with van der Waals surface area (Å²) < 4.78 is 39.1. The molecule has 1 aromatic heterocycles. The maximum Gasteiger partial charge on any atom is 0.239 e. The van der Waals surface area contributed by atoms with E-state index in [9.17, 15) is 71.2 Å². The van der Waals surface area contributed by atoms with E-state index < -0.39 is 150 Å². The molecule has 0 radical (unpaired) electrons. The van der Waals surface area contributed by atoms with E-state index in [1.54, 1.807) is 0 Å². The van der Waals surface area contributed by atoms with Crippen molar-refractivity contribution in [3.05, 3.63) is 40.6 Å². The fourth-order valence-corrected chi connectivity index (χ4v) is 6.19. The molecular formula is C33H40O21. The highest BCUT2D eigenvalue weighted by molar-refractivity contribution is 5.88. The fourth-order valence-electron chi connectivity index (χ4n) is 6.19. The first-order valence-corrected chi connectivity index (χ1v) is 16.5. The Morgan fingerprint density at radius 1 is 0.630 bits per heavy atom. The molecule has 54 heavy (non-hydrogen) atoms. The molecule has 13 N–H and O–H groups in total. The van der Waals surface area contributed by atoms with Crippen molar-refractivity contribution in [3.63, 3.8) is 0 Å². The second-order valence-corrected chi connectivity index (χ2v) is 13.1. The minimum Gasteiger partial charge on any atom is -0.507 e. The van der Waals surface area contributed by atoms with Crippen LogP contribution in [0, 0.1) is 0 Å². The van der Waals surface area contributed by atoms with E-state index in [1.165, 1.54) is 13.0 Å². The smallest absolute Gasteiger partial charge is 0.239 e. The van der Waals surface area contributed by atoms with Gasteiger partial charge in [-0.25, -0.2) is 0 Å².